The molecule has 0 spiro atoms. The summed E-state index contributed by atoms with van der Waals surface area (Å²) in [5, 5.41) is 4.97. The lowest BCUT2D eigenvalue weighted by atomic mass is 10.1. The van der Waals surface area contributed by atoms with E-state index in [1.165, 1.54) is 0 Å². The lowest BCUT2D eigenvalue weighted by molar-refractivity contribution is 0.425. The Morgan fingerprint density at radius 2 is 2.00 bits per heavy atom. The average Bonchev–Trinajstić information content (AvgIpc) is 3.05. The fourth-order valence-corrected chi connectivity index (χ4v) is 2.46. The number of hydrogen-bond acceptors (Lipinski definition) is 4. The van der Waals surface area contributed by atoms with Crippen molar-refractivity contribution in [2.75, 3.05) is 0 Å². The summed E-state index contributed by atoms with van der Waals surface area (Å²) in [5.74, 6) is 1.18. The predicted molar refractivity (Wildman–Crippen MR) is 75.4 cm³/mol. The third-order valence-corrected chi connectivity index (χ3v) is 3.39. The molecule has 4 rings (SSSR count). The fourth-order valence-electron chi connectivity index (χ4n) is 2.46. The van der Waals surface area contributed by atoms with Crippen LogP contribution in [0.1, 0.15) is 5.69 Å². The second kappa shape index (κ2) is 3.90. The molecular formula is C15H12N4O. The van der Waals surface area contributed by atoms with E-state index in [4.69, 9.17) is 4.52 Å². The van der Waals surface area contributed by atoms with E-state index in [1.54, 1.807) is 0 Å². The van der Waals surface area contributed by atoms with E-state index in [9.17, 15) is 0 Å². The van der Waals surface area contributed by atoms with Crippen LogP contribution in [0.5, 0.6) is 0 Å². The largest absolute Gasteiger partial charge is 0.353 e. The van der Waals surface area contributed by atoms with Gasteiger partial charge in [-0.2, -0.15) is 0 Å². The summed E-state index contributed by atoms with van der Waals surface area (Å²) in [6, 6.07) is 10.00. The van der Waals surface area contributed by atoms with Crippen molar-refractivity contribution in [1.29, 1.82) is 0 Å². The Kier molecular flexibility index (Phi) is 2.18. The molecule has 2 aliphatic heterocycles. The number of aryl methyl sites for hydroxylation is 2. The summed E-state index contributed by atoms with van der Waals surface area (Å²) in [6.07, 6.45) is 1.98. The summed E-state index contributed by atoms with van der Waals surface area (Å²) in [4.78, 5) is 9.15. The van der Waals surface area contributed by atoms with E-state index in [1.807, 2.05) is 38.4 Å². The standard InChI is InChI=1S/C15H12N4O/c1-9-7-13(20-18-9)15-16-11-8-19(2)12-6-4-3-5-10(12)14(11)17-15/h3-8H,1-2H3. The Hall–Kier alpha value is -2.69. The Morgan fingerprint density at radius 3 is 2.80 bits per heavy atom. The van der Waals surface area contributed by atoms with E-state index in [2.05, 4.69) is 31.8 Å². The predicted octanol–water partition coefficient (Wildman–Crippen LogP) is 3.04. The van der Waals surface area contributed by atoms with Gasteiger partial charge in [-0.3, -0.25) is 0 Å². The molecule has 0 N–H and O–H groups in total. The molecule has 3 heterocycles. The number of aromatic nitrogens is 4. The van der Waals surface area contributed by atoms with Gasteiger partial charge >= 0.3 is 0 Å². The summed E-state index contributed by atoms with van der Waals surface area (Å²) in [5.41, 5.74) is 3.70. The Bertz CT molecular complexity index is 890. The molecule has 0 amide bonds. The molecule has 2 aromatic rings. The molecule has 98 valence electrons. The highest BCUT2D eigenvalue weighted by atomic mass is 16.5. The van der Waals surface area contributed by atoms with E-state index in [-0.39, 0.29) is 0 Å². The van der Waals surface area contributed by atoms with Gasteiger partial charge in [-0.1, -0.05) is 23.4 Å². The van der Waals surface area contributed by atoms with Crippen molar-refractivity contribution in [2.24, 2.45) is 7.05 Å². The normalized spacial score (nSPS) is 11.5. The number of nitrogens with zero attached hydrogens (tertiary/aromatic N) is 4. The molecule has 5 heteroatoms. The lowest BCUT2D eigenvalue weighted by Gasteiger charge is -2.08. The summed E-state index contributed by atoms with van der Waals surface area (Å²) < 4.78 is 7.30. The summed E-state index contributed by atoms with van der Waals surface area (Å²) >= 11 is 0. The van der Waals surface area contributed by atoms with E-state index in [0.717, 1.165) is 28.0 Å². The van der Waals surface area contributed by atoms with E-state index < -0.39 is 0 Å². The molecule has 1 aromatic heterocycles. The molecule has 0 saturated carbocycles. The maximum Gasteiger partial charge on any atom is 0.204 e. The fraction of sp³-hybridized carbons (Fsp3) is 0.133. The third kappa shape index (κ3) is 1.53. The van der Waals surface area contributed by atoms with Crippen LogP contribution in [-0.4, -0.2) is 19.7 Å². The molecule has 5 nitrogen and oxygen atoms in total. The Morgan fingerprint density at radius 1 is 1.15 bits per heavy atom. The molecular weight excluding hydrogens is 252 g/mol. The van der Waals surface area contributed by atoms with Crippen molar-refractivity contribution in [2.45, 2.75) is 6.92 Å². The van der Waals surface area contributed by atoms with Gasteiger partial charge in [0.15, 0.2) is 5.82 Å². The molecule has 0 aliphatic carbocycles. The van der Waals surface area contributed by atoms with Crippen LogP contribution in [-0.2, 0) is 7.05 Å². The number of pyridine rings is 1. The van der Waals surface area contributed by atoms with Gasteiger partial charge in [-0.05, 0) is 13.0 Å². The average molecular weight is 264 g/mol. The number of benzene rings is 1. The Labute approximate surface area is 115 Å². The van der Waals surface area contributed by atoms with Crippen molar-refractivity contribution in [3.63, 3.8) is 0 Å². The quantitative estimate of drug-likeness (QED) is 0.530. The third-order valence-electron chi connectivity index (χ3n) is 3.39. The molecule has 0 radical (unpaired) electrons. The van der Waals surface area contributed by atoms with Crippen LogP contribution in [0.3, 0.4) is 0 Å². The molecule has 0 fully saturated rings. The molecule has 0 unspecified atom stereocenters. The highest BCUT2D eigenvalue weighted by molar-refractivity contribution is 5.93. The molecule has 0 atom stereocenters. The van der Waals surface area contributed by atoms with Crippen LogP contribution in [0, 0.1) is 6.92 Å². The zero-order chi connectivity index (χ0) is 13.7. The van der Waals surface area contributed by atoms with Crippen LogP contribution in [0.15, 0.2) is 41.1 Å². The highest BCUT2D eigenvalue weighted by Crippen LogP contribution is 2.31. The smallest absolute Gasteiger partial charge is 0.204 e. The second-order valence-corrected chi connectivity index (χ2v) is 4.87. The number of imidazole rings is 1. The monoisotopic (exact) mass is 264 g/mol. The highest BCUT2D eigenvalue weighted by Gasteiger charge is 2.18. The maximum atomic E-state index is 5.24. The van der Waals surface area contributed by atoms with Gasteiger partial charge < -0.3 is 9.09 Å². The van der Waals surface area contributed by atoms with Gasteiger partial charge in [0.05, 0.1) is 11.2 Å². The molecule has 0 saturated heterocycles. The first-order valence-electron chi connectivity index (χ1n) is 6.38. The minimum atomic E-state index is 0.581. The van der Waals surface area contributed by atoms with Gasteiger partial charge in [0.25, 0.3) is 0 Å². The van der Waals surface area contributed by atoms with Crippen molar-refractivity contribution >= 4 is 10.9 Å². The number of para-hydroxylation sites is 1. The first kappa shape index (κ1) is 11.2. The Balaban J connectivity index is 2.04. The summed E-state index contributed by atoms with van der Waals surface area (Å²) in [6.45, 7) is 1.88. The molecule has 0 bridgehead atoms. The second-order valence-electron chi connectivity index (χ2n) is 4.87. The molecule has 2 aliphatic rings. The molecule has 20 heavy (non-hydrogen) atoms. The van der Waals surface area contributed by atoms with Crippen LogP contribution in [0.2, 0.25) is 0 Å². The molecule has 1 aromatic carbocycles. The van der Waals surface area contributed by atoms with Gasteiger partial charge in [0.2, 0.25) is 5.76 Å². The van der Waals surface area contributed by atoms with Crippen molar-refractivity contribution < 1.29 is 4.52 Å². The first-order valence-corrected chi connectivity index (χ1v) is 6.38. The van der Waals surface area contributed by atoms with Crippen LogP contribution < -0.4 is 0 Å². The van der Waals surface area contributed by atoms with Gasteiger partial charge in [0, 0.05) is 24.7 Å². The minimum Gasteiger partial charge on any atom is -0.353 e. The van der Waals surface area contributed by atoms with E-state index >= 15 is 0 Å². The van der Waals surface area contributed by atoms with Gasteiger partial charge in [0.1, 0.15) is 11.4 Å². The van der Waals surface area contributed by atoms with Crippen molar-refractivity contribution in [1.82, 2.24) is 19.7 Å². The summed E-state index contributed by atoms with van der Waals surface area (Å²) in [7, 11) is 2.01. The topological polar surface area (TPSA) is 56.7 Å². The minimum absolute atomic E-state index is 0.581. The first-order chi connectivity index (χ1) is 9.72. The van der Waals surface area contributed by atoms with Gasteiger partial charge in [-0.15, -0.1) is 0 Å². The van der Waals surface area contributed by atoms with Crippen LogP contribution in [0.4, 0.5) is 0 Å². The number of hydrogen-bond donors (Lipinski definition) is 0. The number of rotatable bonds is 1. The SMILES string of the molecule is Cc1cc(-c2nc3cn(C)c4ccccc4c-3n2)on1. The van der Waals surface area contributed by atoms with Crippen molar-refractivity contribution in [3.05, 3.63) is 42.2 Å². The van der Waals surface area contributed by atoms with Crippen molar-refractivity contribution in [3.8, 4) is 23.0 Å². The lowest BCUT2D eigenvalue weighted by Crippen LogP contribution is -1.95. The maximum absolute atomic E-state index is 5.24. The zero-order valence-electron chi connectivity index (χ0n) is 11.2. The number of fused-ring (bicyclic) bond motifs is 3. The van der Waals surface area contributed by atoms with Crippen LogP contribution >= 0.6 is 0 Å². The zero-order valence-corrected chi connectivity index (χ0v) is 11.2. The van der Waals surface area contributed by atoms with Crippen LogP contribution in [0.25, 0.3) is 33.9 Å². The van der Waals surface area contributed by atoms with Gasteiger partial charge in [-0.25, -0.2) is 9.97 Å². The van der Waals surface area contributed by atoms with E-state index in [0.29, 0.717) is 11.6 Å².